The van der Waals surface area contributed by atoms with Crippen LogP contribution in [0.25, 0.3) is 0 Å². The number of halogens is 2. The molecule has 1 atom stereocenters. The maximum absolute atomic E-state index is 13.4. The molecule has 1 N–H and O–H groups in total. The van der Waals surface area contributed by atoms with Gasteiger partial charge >= 0.3 is 0 Å². The van der Waals surface area contributed by atoms with Crippen molar-refractivity contribution in [3.63, 3.8) is 0 Å². The summed E-state index contributed by atoms with van der Waals surface area (Å²) in [5.74, 6) is -0.190. The van der Waals surface area contributed by atoms with Crippen molar-refractivity contribution in [3.8, 4) is 0 Å². The Morgan fingerprint density at radius 1 is 1.26 bits per heavy atom. The average Bonchev–Trinajstić information content (AvgIpc) is 2.48. The van der Waals surface area contributed by atoms with Crippen LogP contribution < -0.4 is 5.32 Å². The minimum Gasteiger partial charge on any atom is -0.382 e. The molecule has 106 valence electrons. The topological polar surface area (TPSA) is 12.0 Å². The zero-order valence-corrected chi connectivity index (χ0v) is 13.6. The molecular formula is C16H23BrFN. The molecule has 1 fully saturated rings. The molecule has 0 spiro atoms. The van der Waals surface area contributed by atoms with Gasteiger partial charge in [0.1, 0.15) is 5.82 Å². The van der Waals surface area contributed by atoms with Crippen molar-refractivity contribution >= 4 is 21.6 Å². The molecule has 0 bridgehead atoms. The molecule has 1 nitrogen and oxygen atoms in total. The highest BCUT2D eigenvalue weighted by atomic mass is 79.9. The van der Waals surface area contributed by atoms with Crippen molar-refractivity contribution in [2.75, 3.05) is 5.32 Å². The maximum Gasteiger partial charge on any atom is 0.137 e. The molecule has 1 saturated carbocycles. The second-order valence-electron chi connectivity index (χ2n) is 6.52. The Hall–Kier alpha value is -0.570. The summed E-state index contributed by atoms with van der Waals surface area (Å²) in [5.41, 5.74) is 2.50. The number of nitrogens with one attached hydrogen (secondary N) is 1. The Morgan fingerprint density at radius 2 is 2.00 bits per heavy atom. The smallest absolute Gasteiger partial charge is 0.137 e. The molecule has 3 heteroatoms. The van der Waals surface area contributed by atoms with E-state index in [9.17, 15) is 4.39 Å². The lowest BCUT2D eigenvalue weighted by molar-refractivity contribution is 0.313. The van der Waals surface area contributed by atoms with Crippen LogP contribution in [0.5, 0.6) is 0 Å². The van der Waals surface area contributed by atoms with Gasteiger partial charge in [-0.1, -0.05) is 20.3 Å². The first kappa shape index (κ1) is 14.8. The highest BCUT2D eigenvalue weighted by Crippen LogP contribution is 2.35. The standard InChI is InChI=1S/C16H23BrFN/c1-11-9-14(18)13(17)10-15(11)19-12-5-4-7-16(2,3)8-6-12/h9-10,12,19H,4-8H2,1-3H3. The molecule has 1 aromatic rings. The van der Waals surface area contributed by atoms with Crippen LogP contribution in [0.15, 0.2) is 16.6 Å². The maximum atomic E-state index is 13.4. The Labute approximate surface area is 124 Å². The van der Waals surface area contributed by atoms with Gasteiger partial charge in [0.2, 0.25) is 0 Å². The van der Waals surface area contributed by atoms with Crippen LogP contribution in [0.2, 0.25) is 0 Å². The Kier molecular flexibility index (Phi) is 4.54. The van der Waals surface area contributed by atoms with Crippen LogP contribution in [0.1, 0.15) is 51.5 Å². The summed E-state index contributed by atoms with van der Waals surface area (Å²) in [4.78, 5) is 0. The van der Waals surface area contributed by atoms with Crippen LogP contribution in [0, 0.1) is 18.2 Å². The van der Waals surface area contributed by atoms with Gasteiger partial charge in [-0.3, -0.25) is 0 Å². The van der Waals surface area contributed by atoms with Gasteiger partial charge in [0.25, 0.3) is 0 Å². The van der Waals surface area contributed by atoms with E-state index >= 15 is 0 Å². The second-order valence-corrected chi connectivity index (χ2v) is 7.37. The van der Waals surface area contributed by atoms with E-state index in [0.29, 0.717) is 15.9 Å². The lowest BCUT2D eigenvalue weighted by atomic mass is 9.85. The molecule has 1 unspecified atom stereocenters. The Balaban J connectivity index is 2.07. The summed E-state index contributed by atoms with van der Waals surface area (Å²) >= 11 is 3.26. The number of benzene rings is 1. The average molecular weight is 328 g/mol. The molecule has 1 aliphatic carbocycles. The van der Waals surface area contributed by atoms with Crippen molar-refractivity contribution in [2.24, 2.45) is 5.41 Å². The second kappa shape index (κ2) is 5.82. The summed E-state index contributed by atoms with van der Waals surface area (Å²) in [6.07, 6.45) is 6.23. The Morgan fingerprint density at radius 3 is 2.74 bits per heavy atom. The Bertz CT molecular complexity index is 456. The molecular weight excluding hydrogens is 305 g/mol. The molecule has 0 saturated heterocycles. The molecule has 0 amide bonds. The first-order chi connectivity index (χ1) is 8.87. The van der Waals surface area contributed by atoms with E-state index in [1.54, 1.807) is 6.07 Å². The third-order valence-electron chi connectivity index (χ3n) is 4.20. The van der Waals surface area contributed by atoms with Crippen LogP contribution in [0.3, 0.4) is 0 Å². The van der Waals surface area contributed by atoms with Gasteiger partial charge in [-0.25, -0.2) is 4.39 Å². The molecule has 1 aromatic carbocycles. The third-order valence-corrected chi connectivity index (χ3v) is 4.81. The van der Waals surface area contributed by atoms with Gasteiger partial charge in [0, 0.05) is 11.7 Å². The fourth-order valence-corrected chi connectivity index (χ4v) is 3.17. The van der Waals surface area contributed by atoms with E-state index in [-0.39, 0.29) is 5.82 Å². The van der Waals surface area contributed by atoms with Gasteiger partial charge in [-0.05, 0) is 71.6 Å². The highest BCUT2D eigenvalue weighted by molar-refractivity contribution is 9.10. The number of hydrogen-bond donors (Lipinski definition) is 1. The molecule has 0 aliphatic heterocycles. The summed E-state index contributed by atoms with van der Waals surface area (Å²) in [6, 6.07) is 3.96. The van der Waals surface area contributed by atoms with E-state index < -0.39 is 0 Å². The van der Waals surface area contributed by atoms with Gasteiger partial charge in [-0.2, -0.15) is 0 Å². The molecule has 19 heavy (non-hydrogen) atoms. The molecule has 2 rings (SSSR count). The fourth-order valence-electron chi connectivity index (χ4n) is 2.83. The number of aryl methyl sites for hydroxylation is 1. The van der Waals surface area contributed by atoms with Crippen molar-refractivity contribution in [2.45, 2.75) is 58.9 Å². The predicted octanol–water partition coefficient (Wildman–Crippen LogP) is 5.67. The molecule has 0 aromatic heterocycles. The lowest BCUT2D eigenvalue weighted by Gasteiger charge is -2.23. The number of anilines is 1. The zero-order chi connectivity index (χ0) is 14.0. The first-order valence-electron chi connectivity index (χ1n) is 7.09. The first-order valence-corrected chi connectivity index (χ1v) is 7.89. The van der Waals surface area contributed by atoms with Gasteiger partial charge < -0.3 is 5.32 Å². The third kappa shape index (κ3) is 3.95. The zero-order valence-electron chi connectivity index (χ0n) is 12.0. The highest BCUT2D eigenvalue weighted by Gasteiger charge is 2.24. The summed E-state index contributed by atoms with van der Waals surface area (Å²) in [6.45, 7) is 6.67. The molecule has 0 heterocycles. The van der Waals surface area contributed by atoms with Crippen molar-refractivity contribution in [3.05, 3.63) is 28.0 Å². The monoisotopic (exact) mass is 327 g/mol. The van der Waals surface area contributed by atoms with Gasteiger partial charge in [-0.15, -0.1) is 0 Å². The molecule has 1 aliphatic rings. The van der Waals surface area contributed by atoms with Gasteiger partial charge in [0.15, 0.2) is 0 Å². The van der Waals surface area contributed by atoms with Crippen LogP contribution in [-0.4, -0.2) is 6.04 Å². The van der Waals surface area contributed by atoms with E-state index in [2.05, 4.69) is 35.1 Å². The van der Waals surface area contributed by atoms with Crippen LogP contribution in [0.4, 0.5) is 10.1 Å². The van der Waals surface area contributed by atoms with Gasteiger partial charge in [0.05, 0.1) is 4.47 Å². The number of hydrogen-bond acceptors (Lipinski definition) is 1. The normalized spacial score (nSPS) is 22.9. The van der Waals surface area contributed by atoms with E-state index in [4.69, 9.17) is 0 Å². The van der Waals surface area contributed by atoms with Crippen molar-refractivity contribution < 1.29 is 4.39 Å². The summed E-state index contributed by atoms with van der Waals surface area (Å²) < 4.78 is 14.0. The van der Waals surface area contributed by atoms with Crippen LogP contribution in [-0.2, 0) is 0 Å². The van der Waals surface area contributed by atoms with E-state index in [1.807, 2.05) is 13.0 Å². The quantitative estimate of drug-likeness (QED) is 0.690. The lowest BCUT2D eigenvalue weighted by Crippen LogP contribution is -2.19. The fraction of sp³-hybridized carbons (Fsp3) is 0.625. The summed E-state index contributed by atoms with van der Waals surface area (Å²) in [7, 11) is 0. The van der Waals surface area contributed by atoms with Crippen molar-refractivity contribution in [1.82, 2.24) is 0 Å². The minimum atomic E-state index is -0.190. The van der Waals surface area contributed by atoms with E-state index in [1.165, 1.54) is 32.1 Å². The van der Waals surface area contributed by atoms with Crippen molar-refractivity contribution in [1.29, 1.82) is 0 Å². The van der Waals surface area contributed by atoms with E-state index in [0.717, 1.165) is 11.3 Å². The van der Waals surface area contributed by atoms with Crippen LogP contribution >= 0.6 is 15.9 Å². The predicted molar refractivity (Wildman–Crippen MR) is 83.1 cm³/mol. The molecule has 0 radical (unpaired) electrons. The minimum absolute atomic E-state index is 0.190. The number of rotatable bonds is 2. The largest absolute Gasteiger partial charge is 0.382 e. The SMILES string of the molecule is Cc1cc(F)c(Br)cc1NC1CCCC(C)(C)CC1. The summed E-state index contributed by atoms with van der Waals surface area (Å²) in [5, 5.41) is 3.60.